The Kier molecular flexibility index (Phi) is 6.84. The standard InChI is InChI=1S/C46H31NO/c1-3-11-32(12-4-1)34-19-25-37(26-20-34)47(38-27-21-35(22-28-38)33-13-5-2-6-14-33)39-29-23-36(24-30-39)44-31-48-46-43-18-10-8-16-41(43)40-15-7-9-17-42(40)45(44)46/h1-31H. The summed E-state index contributed by atoms with van der Waals surface area (Å²) in [4.78, 5) is 2.32. The molecule has 1 heterocycles. The van der Waals surface area contributed by atoms with Gasteiger partial charge in [0.1, 0.15) is 5.58 Å². The van der Waals surface area contributed by atoms with Crippen LogP contribution in [-0.4, -0.2) is 0 Å². The first-order chi connectivity index (χ1) is 23.8. The number of rotatable bonds is 6. The zero-order valence-electron chi connectivity index (χ0n) is 26.3. The van der Waals surface area contributed by atoms with Gasteiger partial charge in [-0.25, -0.2) is 0 Å². The summed E-state index contributed by atoms with van der Waals surface area (Å²) in [6.45, 7) is 0. The average molecular weight is 614 g/mol. The first-order valence-electron chi connectivity index (χ1n) is 16.3. The number of anilines is 3. The molecule has 2 nitrogen and oxygen atoms in total. The highest BCUT2D eigenvalue weighted by atomic mass is 16.3. The Morgan fingerprint density at radius 3 is 1.19 bits per heavy atom. The van der Waals surface area contributed by atoms with Crippen molar-refractivity contribution < 1.29 is 4.42 Å². The van der Waals surface area contributed by atoms with Crippen LogP contribution in [0.3, 0.4) is 0 Å². The molecule has 0 N–H and O–H groups in total. The summed E-state index contributed by atoms with van der Waals surface area (Å²) in [7, 11) is 0. The van der Waals surface area contributed by atoms with Gasteiger partial charge in [-0.1, -0.05) is 146 Å². The summed E-state index contributed by atoms with van der Waals surface area (Å²) in [6.07, 6.45) is 1.92. The zero-order valence-corrected chi connectivity index (χ0v) is 26.3. The van der Waals surface area contributed by atoms with Crippen molar-refractivity contribution in [3.8, 4) is 33.4 Å². The Balaban J connectivity index is 1.14. The molecule has 9 rings (SSSR count). The predicted molar refractivity (Wildman–Crippen MR) is 202 cm³/mol. The first-order valence-corrected chi connectivity index (χ1v) is 16.3. The predicted octanol–water partition coefficient (Wildman–Crippen LogP) is 13.2. The van der Waals surface area contributed by atoms with E-state index >= 15 is 0 Å². The average Bonchev–Trinajstić information content (AvgIpc) is 3.63. The van der Waals surface area contributed by atoms with Gasteiger partial charge in [0.25, 0.3) is 0 Å². The van der Waals surface area contributed by atoms with Crippen molar-refractivity contribution in [1.29, 1.82) is 0 Å². The molecule has 0 amide bonds. The second kappa shape index (κ2) is 11.8. The zero-order chi connectivity index (χ0) is 31.9. The number of hydrogen-bond acceptors (Lipinski definition) is 2. The summed E-state index contributed by atoms with van der Waals surface area (Å²) in [6, 6.07) is 64.7. The maximum Gasteiger partial charge on any atom is 0.142 e. The van der Waals surface area contributed by atoms with Crippen molar-refractivity contribution >= 4 is 49.6 Å². The Morgan fingerprint density at radius 1 is 0.312 bits per heavy atom. The van der Waals surface area contributed by atoms with Gasteiger partial charge in [0.05, 0.1) is 6.26 Å². The van der Waals surface area contributed by atoms with Gasteiger partial charge in [0, 0.05) is 33.4 Å². The molecule has 226 valence electrons. The minimum Gasteiger partial charge on any atom is -0.463 e. The lowest BCUT2D eigenvalue weighted by molar-refractivity contribution is 0.620. The molecule has 8 aromatic carbocycles. The van der Waals surface area contributed by atoms with Crippen molar-refractivity contribution in [3.05, 3.63) is 188 Å². The SMILES string of the molecule is c1ccc(-c2ccc(N(c3ccc(-c4ccccc4)cc3)c3ccc(-c4coc5c6ccccc6c6ccccc6c45)cc3)cc2)cc1. The van der Waals surface area contributed by atoms with E-state index in [4.69, 9.17) is 4.42 Å². The van der Waals surface area contributed by atoms with Gasteiger partial charge in [0.15, 0.2) is 0 Å². The summed E-state index contributed by atoms with van der Waals surface area (Å²) in [5, 5.41) is 5.95. The highest BCUT2D eigenvalue weighted by Crippen LogP contribution is 2.43. The minimum absolute atomic E-state index is 0.932. The van der Waals surface area contributed by atoms with Crippen LogP contribution < -0.4 is 4.90 Å². The molecule has 1 aromatic heterocycles. The highest BCUT2D eigenvalue weighted by molar-refractivity contribution is 6.27. The molecule has 0 bridgehead atoms. The van der Waals surface area contributed by atoms with Gasteiger partial charge in [-0.15, -0.1) is 0 Å². The number of benzene rings is 8. The van der Waals surface area contributed by atoms with Crippen LogP contribution in [0.2, 0.25) is 0 Å². The molecule has 0 aliphatic rings. The Hall–Kier alpha value is -6.38. The molecule has 0 fully saturated rings. The van der Waals surface area contributed by atoms with E-state index in [0.717, 1.165) is 44.5 Å². The van der Waals surface area contributed by atoms with Crippen LogP contribution in [0.25, 0.3) is 65.9 Å². The molecular weight excluding hydrogens is 583 g/mol. The van der Waals surface area contributed by atoms with Crippen LogP contribution in [0.5, 0.6) is 0 Å². The fourth-order valence-corrected chi connectivity index (χ4v) is 6.99. The lowest BCUT2D eigenvalue weighted by atomic mass is 9.94. The molecule has 48 heavy (non-hydrogen) atoms. The molecular formula is C46H31NO. The fraction of sp³-hybridized carbons (Fsp3) is 0. The van der Waals surface area contributed by atoms with Crippen molar-refractivity contribution in [2.75, 3.05) is 4.90 Å². The van der Waals surface area contributed by atoms with Gasteiger partial charge in [0.2, 0.25) is 0 Å². The number of nitrogens with zero attached hydrogens (tertiary/aromatic N) is 1. The Bertz CT molecular complexity index is 2430. The topological polar surface area (TPSA) is 16.4 Å². The summed E-state index contributed by atoms with van der Waals surface area (Å²) in [5.41, 5.74) is 11.2. The molecule has 0 spiro atoms. The molecule has 0 unspecified atom stereocenters. The second-order valence-electron chi connectivity index (χ2n) is 12.2. The van der Waals surface area contributed by atoms with E-state index in [-0.39, 0.29) is 0 Å². The van der Waals surface area contributed by atoms with E-state index in [1.54, 1.807) is 0 Å². The van der Waals surface area contributed by atoms with Gasteiger partial charge in [-0.05, 0) is 80.4 Å². The van der Waals surface area contributed by atoms with E-state index in [1.807, 2.05) is 6.26 Å². The summed E-state index contributed by atoms with van der Waals surface area (Å²) >= 11 is 0. The Morgan fingerprint density at radius 2 is 0.688 bits per heavy atom. The number of furan rings is 1. The smallest absolute Gasteiger partial charge is 0.142 e. The molecule has 0 saturated carbocycles. The van der Waals surface area contributed by atoms with Crippen molar-refractivity contribution in [2.45, 2.75) is 0 Å². The minimum atomic E-state index is 0.932. The maximum absolute atomic E-state index is 6.33. The third-order valence-corrected chi connectivity index (χ3v) is 9.35. The van der Waals surface area contributed by atoms with E-state index in [1.165, 1.54) is 38.4 Å². The lowest BCUT2D eigenvalue weighted by Crippen LogP contribution is -2.09. The first kappa shape index (κ1) is 27.9. The van der Waals surface area contributed by atoms with E-state index in [0.29, 0.717) is 0 Å². The third-order valence-electron chi connectivity index (χ3n) is 9.35. The van der Waals surface area contributed by atoms with Crippen molar-refractivity contribution in [2.24, 2.45) is 0 Å². The Labute approximate surface area is 279 Å². The van der Waals surface area contributed by atoms with Crippen LogP contribution >= 0.6 is 0 Å². The van der Waals surface area contributed by atoms with Crippen LogP contribution in [-0.2, 0) is 0 Å². The van der Waals surface area contributed by atoms with Crippen LogP contribution in [0.4, 0.5) is 17.1 Å². The van der Waals surface area contributed by atoms with Crippen LogP contribution in [0.1, 0.15) is 0 Å². The van der Waals surface area contributed by atoms with Crippen LogP contribution in [0, 0.1) is 0 Å². The second-order valence-corrected chi connectivity index (χ2v) is 12.2. The van der Waals surface area contributed by atoms with E-state index in [2.05, 4.69) is 187 Å². The number of fused-ring (bicyclic) bond motifs is 6. The van der Waals surface area contributed by atoms with Gasteiger partial charge in [-0.2, -0.15) is 0 Å². The summed E-state index contributed by atoms with van der Waals surface area (Å²) < 4.78 is 6.33. The molecule has 0 aliphatic carbocycles. The summed E-state index contributed by atoms with van der Waals surface area (Å²) in [5.74, 6) is 0. The lowest BCUT2D eigenvalue weighted by Gasteiger charge is -2.26. The molecule has 0 atom stereocenters. The van der Waals surface area contributed by atoms with E-state index < -0.39 is 0 Å². The van der Waals surface area contributed by atoms with Crippen LogP contribution in [0.15, 0.2) is 193 Å². The largest absolute Gasteiger partial charge is 0.463 e. The highest BCUT2D eigenvalue weighted by Gasteiger charge is 2.18. The quantitative estimate of drug-likeness (QED) is 0.174. The third kappa shape index (κ3) is 4.83. The van der Waals surface area contributed by atoms with E-state index in [9.17, 15) is 0 Å². The molecule has 0 saturated heterocycles. The fourth-order valence-electron chi connectivity index (χ4n) is 6.99. The maximum atomic E-state index is 6.33. The molecule has 2 heteroatoms. The molecule has 0 aliphatic heterocycles. The molecule has 0 radical (unpaired) electrons. The van der Waals surface area contributed by atoms with Crippen molar-refractivity contribution in [3.63, 3.8) is 0 Å². The normalized spacial score (nSPS) is 11.3. The van der Waals surface area contributed by atoms with Gasteiger partial charge in [-0.3, -0.25) is 0 Å². The number of hydrogen-bond donors (Lipinski definition) is 0. The van der Waals surface area contributed by atoms with Crippen molar-refractivity contribution in [1.82, 2.24) is 0 Å². The molecule has 9 aromatic rings. The van der Waals surface area contributed by atoms with Gasteiger partial charge < -0.3 is 9.32 Å². The monoisotopic (exact) mass is 613 g/mol. The van der Waals surface area contributed by atoms with Gasteiger partial charge >= 0.3 is 0 Å².